The Morgan fingerprint density at radius 3 is 2.63 bits per heavy atom. The molecular formula is C25H31N5. The van der Waals surface area contributed by atoms with E-state index >= 15 is 0 Å². The predicted molar refractivity (Wildman–Crippen MR) is 126 cm³/mol. The third-order valence-electron chi connectivity index (χ3n) is 5.85. The van der Waals surface area contributed by atoms with E-state index in [2.05, 4.69) is 87.0 Å². The second kappa shape index (κ2) is 9.61. The van der Waals surface area contributed by atoms with E-state index in [0.29, 0.717) is 6.04 Å². The van der Waals surface area contributed by atoms with Gasteiger partial charge in [-0.2, -0.15) is 0 Å². The maximum atomic E-state index is 4.56. The lowest BCUT2D eigenvalue weighted by Crippen LogP contribution is -2.49. The van der Waals surface area contributed by atoms with Gasteiger partial charge in [0.15, 0.2) is 5.96 Å². The summed E-state index contributed by atoms with van der Waals surface area (Å²) in [6, 6.07) is 19.8. The summed E-state index contributed by atoms with van der Waals surface area (Å²) < 4.78 is 0. The number of fused-ring (bicyclic) bond motifs is 1. The molecule has 0 atom stereocenters. The molecular weight excluding hydrogens is 370 g/mol. The smallest absolute Gasteiger partial charge is 0.191 e. The van der Waals surface area contributed by atoms with Gasteiger partial charge in [0, 0.05) is 38.9 Å². The highest BCUT2D eigenvalue weighted by molar-refractivity contribution is 5.85. The highest BCUT2D eigenvalue weighted by atomic mass is 15.2. The van der Waals surface area contributed by atoms with Crippen LogP contribution >= 0.6 is 0 Å². The molecule has 2 N–H and O–H groups in total. The van der Waals surface area contributed by atoms with Gasteiger partial charge in [-0.3, -0.25) is 4.99 Å². The molecule has 1 aromatic heterocycles. The van der Waals surface area contributed by atoms with Crippen LogP contribution in [-0.2, 0) is 6.42 Å². The molecule has 4 rings (SSSR count). The molecule has 0 saturated carbocycles. The van der Waals surface area contributed by atoms with Crippen molar-refractivity contribution in [1.82, 2.24) is 15.6 Å². The number of nitrogens with one attached hydrogen (secondary N) is 2. The third-order valence-corrected chi connectivity index (χ3v) is 5.85. The van der Waals surface area contributed by atoms with Gasteiger partial charge in [0.25, 0.3) is 0 Å². The van der Waals surface area contributed by atoms with Crippen LogP contribution in [0.5, 0.6) is 0 Å². The second-order valence-corrected chi connectivity index (χ2v) is 7.99. The van der Waals surface area contributed by atoms with Gasteiger partial charge in [0.2, 0.25) is 0 Å². The van der Waals surface area contributed by atoms with E-state index in [-0.39, 0.29) is 0 Å². The van der Waals surface area contributed by atoms with Crippen LogP contribution in [0.3, 0.4) is 0 Å². The van der Waals surface area contributed by atoms with Crippen molar-refractivity contribution < 1.29 is 0 Å². The van der Waals surface area contributed by atoms with Crippen LogP contribution in [-0.4, -0.2) is 43.7 Å². The predicted octanol–water partition coefficient (Wildman–Crippen LogP) is 3.92. The molecule has 0 unspecified atom stereocenters. The van der Waals surface area contributed by atoms with E-state index in [0.717, 1.165) is 50.7 Å². The van der Waals surface area contributed by atoms with Crippen molar-refractivity contribution in [1.29, 1.82) is 0 Å². The Morgan fingerprint density at radius 2 is 1.87 bits per heavy atom. The zero-order valence-corrected chi connectivity index (χ0v) is 17.9. The van der Waals surface area contributed by atoms with Crippen LogP contribution in [0.25, 0.3) is 10.8 Å². The number of aromatic nitrogens is 1. The molecule has 1 aliphatic rings. The Hall–Kier alpha value is -3.08. The fourth-order valence-electron chi connectivity index (χ4n) is 4.11. The molecule has 1 saturated heterocycles. The zero-order chi connectivity index (χ0) is 20.8. The first-order chi connectivity index (χ1) is 14.7. The minimum absolute atomic E-state index is 0.440. The number of guanidine groups is 1. The van der Waals surface area contributed by atoms with Gasteiger partial charge in [-0.05, 0) is 54.2 Å². The van der Waals surface area contributed by atoms with E-state index < -0.39 is 0 Å². The van der Waals surface area contributed by atoms with Crippen molar-refractivity contribution in [3.8, 4) is 0 Å². The fourth-order valence-corrected chi connectivity index (χ4v) is 4.11. The van der Waals surface area contributed by atoms with Crippen LogP contribution in [0, 0.1) is 6.92 Å². The van der Waals surface area contributed by atoms with Gasteiger partial charge in [-0.1, -0.05) is 48.5 Å². The first-order valence-electron chi connectivity index (χ1n) is 10.8. The molecule has 2 heterocycles. The second-order valence-electron chi connectivity index (χ2n) is 7.99. The number of anilines is 1. The molecule has 5 heteroatoms. The topological polar surface area (TPSA) is 52.6 Å². The summed E-state index contributed by atoms with van der Waals surface area (Å²) in [4.78, 5) is 11.4. The SMILES string of the molecule is CN=C(NCCc1cccc2ccccc12)NC1CCN(c2ccc(C)cn2)CC1. The number of nitrogens with zero attached hydrogens (tertiary/aromatic N) is 3. The Labute approximate surface area is 179 Å². The summed E-state index contributed by atoms with van der Waals surface area (Å²) in [6.07, 6.45) is 5.08. The first kappa shape index (κ1) is 20.2. The minimum Gasteiger partial charge on any atom is -0.356 e. The number of hydrogen-bond acceptors (Lipinski definition) is 3. The van der Waals surface area contributed by atoms with Crippen LogP contribution in [0.4, 0.5) is 5.82 Å². The minimum atomic E-state index is 0.440. The highest BCUT2D eigenvalue weighted by Crippen LogP contribution is 2.19. The average Bonchev–Trinajstić information content (AvgIpc) is 2.79. The van der Waals surface area contributed by atoms with E-state index in [9.17, 15) is 0 Å². The van der Waals surface area contributed by atoms with Gasteiger partial charge in [-0.25, -0.2) is 4.98 Å². The van der Waals surface area contributed by atoms with E-state index in [1.54, 1.807) is 0 Å². The van der Waals surface area contributed by atoms with Crippen molar-refractivity contribution in [2.75, 3.05) is 31.6 Å². The molecule has 1 aliphatic heterocycles. The lowest BCUT2D eigenvalue weighted by Gasteiger charge is -2.33. The summed E-state index contributed by atoms with van der Waals surface area (Å²) in [5, 5.41) is 9.73. The van der Waals surface area contributed by atoms with Crippen molar-refractivity contribution in [3.63, 3.8) is 0 Å². The molecule has 0 bridgehead atoms. The number of piperidine rings is 1. The Morgan fingerprint density at radius 1 is 1.07 bits per heavy atom. The maximum absolute atomic E-state index is 4.56. The van der Waals surface area contributed by atoms with Gasteiger partial charge >= 0.3 is 0 Å². The van der Waals surface area contributed by atoms with Gasteiger partial charge in [0.05, 0.1) is 0 Å². The lowest BCUT2D eigenvalue weighted by molar-refractivity contribution is 0.459. The summed E-state index contributed by atoms with van der Waals surface area (Å²) in [7, 11) is 1.85. The zero-order valence-electron chi connectivity index (χ0n) is 17.9. The quantitative estimate of drug-likeness (QED) is 0.503. The number of rotatable bonds is 5. The number of benzene rings is 2. The Kier molecular flexibility index (Phi) is 6.47. The normalized spacial score (nSPS) is 15.4. The summed E-state index contributed by atoms with van der Waals surface area (Å²) in [5.74, 6) is 1.97. The summed E-state index contributed by atoms with van der Waals surface area (Å²) >= 11 is 0. The monoisotopic (exact) mass is 401 g/mol. The Balaban J connectivity index is 1.26. The molecule has 3 aromatic rings. The van der Waals surface area contributed by atoms with Gasteiger partial charge < -0.3 is 15.5 Å². The average molecular weight is 402 g/mol. The van der Waals surface area contributed by atoms with Crippen LogP contribution in [0.2, 0.25) is 0 Å². The molecule has 0 radical (unpaired) electrons. The first-order valence-corrected chi connectivity index (χ1v) is 10.8. The molecule has 30 heavy (non-hydrogen) atoms. The van der Waals surface area contributed by atoms with E-state index in [1.807, 2.05) is 13.2 Å². The van der Waals surface area contributed by atoms with Gasteiger partial charge in [0.1, 0.15) is 5.82 Å². The van der Waals surface area contributed by atoms with Crippen molar-refractivity contribution in [3.05, 3.63) is 71.9 Å². The van der Waals surface area contributed by atoms with Crippen LogP contribution in [0.15, 0.2) is 65.8 Å². The van der Waals surface area contributed by atoms with E-state index in [1.165, 1.54) is 21.9 Å². The molecule has 0 aliphatic carbocycles. The molecule has 156 valence electrons. The fraction of sp³-hybridized carbons (Fsp3) is 0.360. The maximum Gasteiger partial charge on any atom is 0.191 e. The highest BCUT2D eigenvalue weighted by Gasteiger charge is 2.20. The number of aryl methyl sites for hydroxylation is 1. The van der Waals surface area contributed by atoms with E-state index in [4.69, 9.17) is 0 Å². The number of pyridine rings is 1. The summed E-state index contributed by atoms with van der Waals surface area (Å²) in [6.45, 7) is 4.97. The summed E-state index contributed by atoms with van der Waals surface area (Å²) in [5.41, 5.74) is 2.57. The third kappa shape index (κ3) is 4.90. The van der Waals surface area contributed by atoms with Crippen molar-refractivity contribution in [2.24, 2.45) is 4.99 Å². The molecule has 5 nitrogen and oxygen atoms in total. The molecule has 0 amide bonds. The van der Waals surface area contributed by atoms with Gasteiger partial charge in [-0.15, -0.1) is 0 Å². The lowest BCUT2D eigenvalue weighted by atomic mass is 10.0. The van der Waals surface area contributed by atoms with Crippen molar-refractivity contribution in [2.45, 2.75) is 32.2 Å². The number of hydrogen-bond donors (Lipinski definition) is 2. The standard InChI is InChI=1S/C25H31N5/c1-19-10-11-24(28-18-19)30-16-13-22(14-17-30)29-25(26-2)27-15-12-21-8-5-7-20-6-3-4-9-23(20)21/h3-11,18,22H,12-17H2,1-2H3,(H2,26,27,29). The molecule has 2 aromatic carbocycles. The van der Waals surface area contributed by atoms with Crippen LogP contribution in [0.1, 0.15) is 24.0 Å². The largest absolute Gasteiger partial charge is 0.356 e. The molecule has 1 fully saturated rings. The molecule has 0 spiro atoms. The van der Waals surface area contributed by atoms with Crippen LogP contribution < -0.4 is 15.5 Å². The number of aliphatic imine (C=N–C) groups is 1. The van der Waals surface area contributed by atoms with Crippen molar-refractivity contribution >= 4 is 22.5 Å². The Bertz CT molecular complexity index is 983.